The highest BCUT2D eigenvalue weighted by Gasteiger charge is 2.16. The minimum atomic E-state index is -0.350. The van der Waals surface area contributed by atoms with E-state index in [4.69, 9.17) is 15.2 Å². The third-order valence-corrected chi connectivity index (χ3v) is 3.89. The van der Waals surface area contributed by atoms with Gasteiger partial charge in [0.25, 0.3) is 5.91 Å². The quantitative estimate of drug-likeness (QED) is 0.625. The lowest BCUT2D eigenvalue weighted by Gasteiger charge is -2.23. The van der Waals surface area contributed by atoms with Gasteiger partial charge < -0.3 is 20.5 Å². The molecule has 3 N–H and O–H groups in total. The minimum absolute atomic E-state index is 0.197. The Bertz CT molecular complexity index is 1030. The van der Waals surface area contributed by atoms with Crippen LogP contribution in [-0.4, -0.2) is 16.5 Å². The second-order valence-corrected chi connectivity index (χ2v) is 7.63. The lowest BCUT2D eigenvalue weighted by molar-refractivity contribution is 0.102. The maximum absolute atomic E-state index is 12.5. The number of carbonyl (C=O) groups excluding carboxylic acids is 1. The van der Waals surface area contributed by atoms with Crippen molar-refractivity contribution in [3.05, 3.63) is 71.9 Å². The largest absolute Gasteiger partial charge is 0.484 e. The summed E-state index contributed by atoms with van der Waals surface area (Å²) in [5.74, 6) is 1.68. The molecule has 1 amide bonds. The van der Waals surface area contributed by atoms with Crippen molar-refractivity contribution in [3.63, 3.8) is 0 Å². The van der Waals surface area contributed by atoms with Gasteiger partial charge in [0.1, 0.15) is 17.2 Å². The van der Waals surface area contributed by atoms with Gasteiger partial charge in [-0.25, -0.2) is 4.98 Å². The van der Waals surface area contributed by atoms with Gasteiger partial charge in [0.05, 0.1) is 5.56 Å². The van der Waals surface area contributed by atoms with Crippen LogP contribution in [0, 0.1) is 6.92 Å². The fraction of sp³-hybridized carbons (Fsp3) is 0.217. The number of benzene rings is 2. The maximum atomic E-state index is 12.5. The van der Waals surface area contributed by atoms with E-state index < -0.39 is 0 Å². The number of amides is 1. The van der Waals surface area contributed by atoms with E-state index in [1.54, 1.807) is 30.3 Å². The van der Waals surface area contributed by atoms with Crippen LogP contribution < -0.4 is 20.5 Å². The highest BCUT2D eigenvalue weighted by molar-refractivity contribution is 6.07. The molecule has 150 valence electrons. The van der Waals surface area contributed by atoms with Gasteiger partial charge in [-0.15, -0.1) is 0 Å². The predicted molar refractivity (Wildman–Crippen MR) is 115 cm³/mol. The van der Waals surface area contributed by atoms with E-state index in [-0.39, 0.29) is 17.3 Å². The Morgan fingerprint density at radius 2 is 1.72 bits per heavy atom. The molecule has 2 aromatic carbocycles. The molecular formula is C23H25N3O3. The van der Waals surface area contributed by atoms with E-state index in [1.807, 2.05) is 58.0 Å². The Hall–Kier alpha value is -3.54. The maximum Gasteiger partial charge on any atom is 0.259 e. The Kier molecular flexibility index (Phi) is 5.73. The molecule has 0 fully saturated rings. The molecule has 0 aliphatic rings. The molecule has 1 heterocycles. The summed E-state index contributed by atoms with van der Waals surface area (Å²) in [7, 11) is 0. The number of aryl methyl sites for hydroxylation is 1. The molecule has 0 spiro atoms. The van der Waals surface area contributed by atoms with Gasteiger partial charge in [0.2, 0.25) is 0 Å². The summed E-state index contributed by atoms with van der Waals surface area (Å²) in [4.78, 5) is 16.7. The summed E-state index contributed by atoms with van der Waals surface area (Å²) in [6.07, 6.45) is 0. The van der Waals surface area contributed by atoms with Gasteiger partial charge in [0, 0.05) is 17.4 Å². The zero-order valence-corrected chi connectivity index (χ0v) is 17.0. The molecule has 0 atom stereocenters. The molecule has 0 saturated heterocycles. The van der Waals surface area contributed by atoms with E-state index >= 15 is 0 Å². The second kappa shape index (κ2) is 8.22. The lowest BCUT2D eigenvalue weighted by Crippen LogP contribution is -2.23. The lowest BCUT2D eigenvalue weighted by atomic mass is 10.2. The fourth-order valence-corrected chi connectivity index (χ4v) is 2.68. The molecule has 0 bridgehead atoms. The molecule has 1 aromatic heterocycles. The van der Waals surface area contributed by atoms with E-state index in [0.717, 1.165) is 5.69 Å². The Labute approximate surface area is 170 Å². The summed E-state index contributed by atoms with van der Waals surface area (Å²) in [5.41, 5.74) is 7.18. The number of carbonyl (C=O) groups is 1. The van der Waals surface area contributed by atoms with E-state index in [9.17, 15) is 4.79 Å². The number of hydrogen-bond acceptors (Lipinski definition) is 5. The predicted octanol–water partition coefficient (Wildman–Crippen LogP) is 5.19. The van der Waals surface area contributed by atoms with E-state index in [1.165, 1.54) is 0 Å². The van der Waals surface area contributed by atoms with Crippen molar-refractivity contribution in [2.75, 3.05) is 11.1 Å². The first-order chi connectivity index (χ1) is 13.7. The molecular weight excluding hydrogens is 366 g/mol. The number of anilines is 2. The first-order valence-electron chi connectivity index (χ1n) is 9.32. The van der Waals surface area contributed by atoms with Gasteiger partial charge in [-0.1, -0.05) is 18.2 Å². The number of nitrogens with two attached hydrogens (primary N) is 1. The number of aromatic nitrogens is 1. The zero-order chi connectivity index (χ0) is 21.0. The van der Waals surface area contributed by atoms with Crippen LogP contribution in [0.3, 0.4) is 0 Å². The summed E-state index contributed by atoms with van der Waals surface area (Å²) in [6, 6.07) is 18.0. The molecule has 3 rings (SSSR count). The average Bonchev–Trinajstić information content (AvgIpc) is 2.62. The van der Waals surface area contributed by atoms with Crippen LogP contribution in [0.5, 0.6) is 17.2 Å². The Morgan fingerprint density at radius 1 is 1.00 bits per heavy atom. The number of nitrogens with one attached hydrogen (secondary N) is 1. The molecule has 0 saturated carbocycles. The van der Waals surface area contributed by atoms with Crippen LogP contribution in [0.15, 0.2) is 60.7 Å². The van der Waals surface area contributed by atoms with Crippen LogP contribution in [0.4, 0.5) is 11.5 Å². The Morgan fingerprint density at radius 3 is 2.41 bits per heavy atom. The highest BCUT2D eigenvalue weighted by Crippen LogP contribution is 2.34. The van der Waals surface area contributed by atoms with Crippen molar-refractivity contribution in [3.8, 4) is 17.2 Å². The number of nitrogens with zero attached hydrogens (tertiary/aromatic N) is 1. The first kappa shape index (κ1) is 20.2. The minimum Gasteiger partial charge on any atom is -0.484 e. The van der Waals surface area contributed by atoms with Crippen LogP contribution in [0.25, 0.3) is 0 Å². The molecule has 0 aliphatic carbocycles. The van der Waals surface area contributed by atoms with Crippen molar-refractivity contribution >= 4 is 17.4 Å². The summed E-state index contributed by atoms with van der Waals surface area (Å²) >= 11 is 0. The summed E-state index contributed by atoms with van der Waals surface area (Å²) < 4.78 is 12.0. The fourth-order valence-electron chi connectivity index (χ4n) is 2.68. The third kappa shape index (κ3) is 5.48. The van der Waals surface area contributed by atoms with Crippen molar-refractivity contribution in [2.24, 2.45) is 0 Å². The van der Waals surface area contributed by atoms with Gasteiger partial charge in [-0.05, 0) is 64.1 Å². The van der Waals surface area contributed by atoms with Crippen LogP contribution >= 0.6 is 0 Å². The molecule has 6 nitrogen and oxygen atoms in total. The van der Waals surface area contributed by atoms with E-state index in [2.05, 4.69) is 10.3 Å². The monoisotopic (exact) mass is 391 g/mol. The molecule has 0 unspecified atom stereocenters. The zero-order valence-electron chi connectivity index (χ0n) is 17.0. The van der Waals surface area contributed by atoms with Gasteiger partial charge >= 0.3 is 0 Å². The number of nitrogen functional groups attached to an aromatic ring is 1. The van der Waals surface area contributed by atoms with Crippen LogP contribution in [0.1, 0.15) is 36.8 Å². The van der Waals surface area contributed by atoms with Gasteiger partial charge in [-0.2, -0.15) is 0 Å². The van der Waals surface area contributed by atoms with Gasteiger partial charge in [0.15, 0.2) is 11.5 Å². The third-order valence-electron chi connectivity index (χ3n) is 3.89. The van der Waals surface area contributed by atoms with Crippen molar-refractivity contribution < 1.29 is 14.3 Å². The average molecular weight is 391 g/mol. The number of pyridine rings is 1. The number of para-hydroxylation sites is 2. The molecule has 0 radical (unpaired) electrons. The molecule has 29 heavy (non-hydrogen) atoms. The highest BCUT2D eigenvalue weighted by atomic mass is 16.5. The van der Waals surface area contributed by atoms with Crippen molar-refractivity contribution in [1.29, 1.82) is 0 Å². The number of ether oxygens (including phenoxy) is 2. The van der Waals surface area contributed by atoms with Crippen LogP contribution in [0.2, 0.25) is 0 Å². The SMILES string of the molecule is Cc1ccc(C(=O)Nc2cccc(Oc3ccccc3OC(C)(C)C)c2)c(N)n1. The smallest absolute Gasteiger partial charge is 0.259 e. The number of rotatable bonds is 5. The molecule has 0 aliphatic heterocycles. The van der Waals surface area contributed by atoms with Gasteiger partial charge in [-0.3, -0.25) is 4.79 Å². The topological polar surface area (TPSA) is 86.5 Å². The van der Waals surface area contributed by atoms with E-state index in [0.29, 0.717) is 28.5 Å². The first-order valence-corrected chi connectivity index (χ1v) is 9.32. The van der Waals surface area contributed by atoms with Crippen molar-refractivity contribution in [1.82, 2.24) is 4.98 Å². The molecule has 3 aromatic rings. The normalized spacial score (nSPS) is 11.0. The van der Waals surface area contributed by atoms with Crippen molar-refractivity contribution in [2.45, 2.75) is 33.3 Å². The second-order valence-electron chi connectivity index (χ2n) is 7.63. The molecule has 6 heteroatoms. The standard InChI is InChI=1S/C23H25N3O3/c1-15-12-13-18(21(24)25-15)22(27)26-16-8-7-9-17(14-16)28-19-10-5-6-11-20(19)29-23(2,3)4/h5-14H,1-4H3,(H2,24,25)(H,26,27). The van der Waals surface area contributed by atoms with Crippen LogP contribution in [-0.2, 0) is 0 Å². The number of hydrogen-bond donors (Lipinski definition) is 2. The summed E-state index contributed by atoms with van der Waals surface area (Å²) in [5, 5.41) is 2.83. The Balaban J connectivity index is 1.78. The summed E-state index contributed by atoms with van der Waals surface area (Å²) in [6.45, 7) is 7.75.